The summed E-state index contributed by atoms with van der Waals surface area (Å²) in [7, 11) is 0. The van der Waals surface area contributed by atoms with E-state index in [2.05, 4.69) is 0 Å². The molecule has 0 aromatic rings. The van der Waals surface area contributed by atoms with Crippen LogP contribution in [0.4, 0.5) is 0 Å². The van der Waals surface area contributed by atoms with Crippen LogP contribution >= 0.6 is 0 Å². The van der Waals surface area contributed by atoms with Gasteiger partial charge in [-0.25, -0.2) is 4.79 Å². The van der Waals surface area contributed by atoms with Crippen LogP contribution in [-0.2, 0) is 36.2 Å². The quantitative estimate of drug-likeness (QED) is 0.397. The van der Waals surface area contributed by atoms with Gasteiger partial charge in [0.25, 0.3) is 0 Å². The number of ketones is 1. The van der Waals surface area contributed by atoms with Crippen molar-refractivity contribution < 1.29 is 51.6 Å². The molecule has 0 bridgehead atoms. The second-order valence-corrected chi connectivity index (χ2v) is 1.84. The fourth-order valence-electron chi connectivity index (χ4n) is 0. The summed E-state index contributed by atoms with van der Waals surface area (Å²) in [5, 5.41) is 25.4. The molecule has 0 saturated carbocycles. The topological polar surface area (TPSA) is 135 Å². The minimum atomic E-state index is -1.38. The Labute approximate surface area is 96.6 Å². The van der Waals surface area contributed by atoms with Crippen molar-refractivity contribution in [3.63, 3.8) is 0 Å². The number of aliphatic carboxylic acids is 3. The van der Waals surface area contributed by atoms with Crippen LogP contribution in [0.3, 0.4) is 0 Å². The molecule has 0 saturated heterocycles. The molecule has 0 rings (SSSR count). The van der Waals surface area contributed by atoms with Gasteiger partial charge in [-0.3, -0.25) is 4.79 Å². The second kappa shape index (κ2) is 15.1. The minimum absolute atomic E-state index is 0. The smallest absolute Gasteiger partial charge is 0.550 e. The molecular weight excluding hydrogens is 252 g/mol. The third-order valence-electron chi connectivity index (χ3n) is 0.301. The zero-order valence-electron chi connectivity index (χ0n) is 8.25. The van der Waals surface area contributed by atoms with Gasteiger partial charge in [0.05, 0.1) is 0 Å². The van der Waals surface area contributed by atoms with Gasteiger partial charge in [0.1, 0.15) is 0 Å². The molecule has 0 unspecified atom stereocenters. The Balaban J connectivity index is -0.0000000606. The fraction of sp³-hybridized carbons (Fsp3) is 0.429. The predicted octanol–water partition coefficient (Wildman–Crippen LogP) is -2.83. The molecule has 0 aliphatic rings. The molecule has 7 nitrogen and oxygen atoms in total. The van der Waals surface area contributed by atoms with Crippen LogP contribution in [0.15, 0.2) is 0 Å². The van der Waals surface area contributed by atoms with E-state index in [4.69, 9.17) is 24.9 Å². The summed E-state index contributed by atoms with van der Waals surface area (Å²) in [6.45, 7) is 2.95. The maximum absolute atomic E-state index is 9.54. The Morgan fingerprint density at radius 2 is 0.933 bits per heavy atom. The van der Waals surface area contributed by atoms with E-state index in [0.717, 1.165) is 20.8 Å². The Bertz CT molecular complexity index is 191. The van der Waals surface area contributed by atoms with Gasteiger partial charge >= 0.3 is 23.0 Å². The average molecular weight is 262 g/mol. The van der Waals surface area contributed by atoms with Gasteiger partial charge in [-0.05, 0) is 13.8 Å². The summed E-state index contributed by atoms with van der Waals surface area (Å²) in [5.41, 5.74) is 0. The average Bonchev–Trinajstić information content (AvgIpc) is 1.83. The van der Waals surface area contributed by atoms with Gasteiger partial charge in [-0.2, -0.15) is 0 Å². The molecule has 1 N–H and O–H groups in total. The van der Waals surface area contributed by atoms with Crippen molar-refractivity contribution in [1.82, 2.24) is 0 Å². The molecule has 88 valence electrons. The summed E-state index contributed by atoms with van der Waals surface area (Å²) in [5.74, 6) is -4.37. The van der Waals surface area contributed by atoms with Crippen LogP contribution in [0.2, 0.25) is 0 Å². The second-order valence-electron chi connectivity index (χ2n) is 1.84. The number of hydrogen-bond acceptors (Lipinski definition) is 6. The molecule has 0 spiro atoms. The molecule has 0 fully saturated rings. The van der Waals surface area contributed by atoms with E-state index >= 15 is 0 Å². The maximum atomic E-state index is 9.54. The number of carboxylic acids is 3. The molecule has 8 heteroatoms. The number of hydrogen-bond donors (Lipinski definition) is 1. The predicted molar refractivity (Wildman–Crippen MR) is 39.7 cm³/mol. The zero-order valence-corrected chi connectivity index (χ0v) is 9.35. The largest absolute Gasteiger partial charge is 2.00 e. The van der Waals surface area contributed by atoms with Crippen molar-refractivity contribution in [2.45, 2.75) is 20.8 Å². The van der Waals surface area contributed by atoms with Gasteiger partial charge in [0.2, 0.25) is 5.78 Å². The van der Waals surface area contributed by atoms with Gasteiger partial charge in [-0.1, -0.05) is 0 Å². The molecule has 0 aromatic heterocycles. The van der Waals surface area contributed by atoms with Crippen LogP contribution in [0, 0.1) is 0 Å². The first-order valence-corrected chi connectivity index (χ1v) is 3.20. The summed E-state index contributed by atoms with van der Waals surface area (Å²) in [4.78, 5) is 36.7. The van der Waals surface area contributed by atoms with Crippen molar-refractivity contribution >= 4 is 23.7 Å². The van der Waals surface area contributed by atoms with Gasteiger partial charge in [0, 0.05) is 18.9 Å². The summed E-state index contributed by atoms with van der Waals surface area (Å²) >= 11 is 0. The van der Waals surface area contributed by atoms with Crippen LogP contribution in [0.25, 0.3) is 0 Å². The first-order valence-electron chi connectivity index (χ1n) is 3.20. The van der Waals surface area contributed by atoms with E-state index in [1.807, 2.05) is 0 Å². The van der Waals surface area contributed by atoms with Crippen molar-refractivity contribution in [3.05, 3.63) is 0 Å². The molecule has 0 heterocycles. The van der Waals surface area contributed by atoms with Crippen LogP contribution in [0.5, 0.6) is 0 Å². The normalized spacial score (nSPS) is 6.33. The number of carboxylic acid groups (broad SMARTS) is 3. The van der Waals surface area contributed by atoms with Crippen molar-refractivity contribution in [2.75, 3.05) is 0 Å². The molecular formula is C7H10FeO7. The van der Waals surface area contributed by atoms with Gasteiger partial charge < -0.3 is 24.9 Å². The number of carbonyl (C=O) groups is 4. The molecule has 0 aromatic carbocycles. The maximum Gasteiger partial charge on any atom is 2.00 e. The third kappa shape index (κ3) is 209. The fourth-order valence-corrected chi connectivity index (χ4v) is 0. The monoisotopic (exact) mass is 262 g/mol. The van der Waals surface area contributed by atoms with E-state index in [0.29, 0.717) is 0 Å². The Morgan fingerprint density at radius 1 is 0.867 bits per heavy atom. The Morgan fingerprint density at radius 3 is 0.933 bits per heavy atom. The van der Waals surface area contributed by atoms with Gasteiger partial charge in [-0.15, -0.1) is 0 Å². The van der Waals surface area contributed by atoms with Crippen molar-refractivity contribution in [1.29, 1.82) is 0 Å². The van der Waals surface area contributed by atoms with Crippen LogP contribution < -0.4 is 10.2 Å². The van der Waals surface area contributed by atoms with Crippen LogP contribution in [-0.4, -0.2) is 28.8 Å². The van der Waals surface area contributed by atoms with Crippen LogP contribution in [0.1, 0.15) is 20.8 Å². The third-order valence-corrected chi connectivity index (χ3v) is 0.301. The van der Waals surface area contributed by atoms with E-state index in [9.17, 15) is 9.59 Å². The Kier molecular flexibility index (Phi) is 23.6. The summed E-state index contributed by atoms with van der Waals surface area (Å²) < 4.78 is 0. The first-order chi connectivity index (χ1) is 6.11. The van der Waals surface area contributed by atoms with E-state index in [1.54, 1.807) is 0 Å². The van der Waals surface area contributed by atoms with E-state index < -0.39 is 23.7 Å². The minimum Gasteiger partial charge on any atom is -0.550 e. The molecule has 0 aliphatic carbocycles. The molecule has 0 radical (unpaired) electrons. The van der Waals surface area contributed by atoms with Crippen molar-refractivity contribution in [3.8, 4) is 0 Å². The van der Waals surface area contributed by atoms with Crippen molar-refractivity contribution in [2.24, 2.45) is 0 Å². The first kappa shape index (κ1) is 23.4. The molecule has 15 heavy (non-hydrogen) atoms. The zero-order chi connectivity index (χ0) is 12.3. The standard InChI is InChI=1S/C3H4O3.2C2H4O2.Fe/c1-2(4)3(5)6;2*1-2(3)4;/h1H3,(H,5,6);2*1H3,(H,3,4);/q;;;+2/p-2. The molecule has 0 atom stereocenters. The summed E-state index contributed by atoms with van der Waals surface area (Å²) in [6, 6.07) is 0. The molecule has 0 aliphatic heterocycles. The van der Waals surface area contributed by atoms with E-state index in [-0.39, 0.29) is 17.1 Å². The number of rotatable bonds is 1. The van der Waals surface area contributed by atoms with Gasteiger partial charge in [0.15, 0.2) is 0 Å². The number of carbonyl (C=O) groups excluding carboxylic acids is 3. The Hall–Kier alpha value is -1.40. The SMILES string of the molecule is CC(=O)C(=O)O.CC(=O)[O-].CC(=O)[O-].[Fe+2]. The van der Waals surface area contributed by atoms with E-state index in [1.165, 1.54) is 0 Å². The number of Topliss-reactive ketones (excluding diaryl/α,β-unsaturated/α-hetero) is 1. The summed E-state index contributed by atoms with van der Waals surface area (Å²) in [6.07, 6.45) is 0. The molecule has 0 amide bonds.